The van der Waals surface area contributed by atoms with Gasteiger partial charge in [-0.1, -0.05) is 12.1 Å². The van der Waals surface area contributed by atoms with Crippen LogP contribution in [0.3, 0.4) is 0 Å². The zero-order valence-corrected chi connectivity index (χ0v) is 14.0. The molecule has 6 nitrogen and oxygen atoms in total. The van der Waals surface area contributed by atoms with E-state index in [4.69, 9.17) is 4.74 Å². The Labute approximate surface area is 142 Å². The molecular weight excluding hydrogens is 304 g/mol. The van der Waals surface area contributed by atoms with E-state index in [1.807, 2.05) is 53.0 Å². The lowest BCUT2D eigenvalue weighted by Crippen LogP contribution is -2.38. The van der Waals surface area contributed by atoms with Crippen molar-refractivity contribution in [2.24, 2.45) is 5.92 Å². The van der Waals surface area contributed by atoms with E-state index in [0.717, 1.165) is 44.0 Å². The Morgan fingerprint density at radius 1 is 1.42 bits per heavy atom. The normalized spacial score (nSPS) is 17.0. The van der Waals surface area contributed by atoms with Crippen LogP contribution >= 0.6 is 0 Å². The molecule has 3 rings (SSSR count). The minimum Gasteiger partial charge on any atom is -0.381 e. The Balaban J connectivity index is 1.54. The van der Waals surface area contributed by atoms with E-state index in [1.165, 1.54) is 0 Å². The summed E-state index contributed by atoms with van der Waals surface area (Å²) in [6.45, 7) is 5.74. The van der Waals surface area contributed by atoms with Crippen LogP contribution in [0.5, 0.6) is 0 Å². The van der Waals surface area contributed by atoms with Gasteiger partial charge in [-0.15, -0.1) is 0 Å². The first-order valence-corrected chi connectivity index (χ1v) is 8.44. The maximum absolute atomic E-state index is 12.4. The number of urea groups is 1. The lowest BCUT2D eigenvalue weighted by molar-refractivity contribution is 0.171. The van der Waals surface area contributed by atoms with E-state index in [2.05, 4.69) is 10.4 Å². The molecule has 0 radical (unpaired) electrons. The van der Waals surface area contributed by atoms with E-state index in [9.17, 15) is 4.79 Å². The van der Waals surface area contributed by atoms with Crippen molar-refractivity contribution < 1.29 is 9.53 Å². The Hall–Kier alpha value is -2.34. The molecule has 0 spiro atoms. The summed E-state index contributed by atoms with van der Waals surface area (Å²) in [5, 5.41) is 7.17. The lowest BCUT2D eigenvalue weighted by atomic mass is 10.1. The first kappa shape index (κ1) is 16.5. The molecular formula is C18H24N4O2. The number of hydrogen-bond donors (Lipinski definition) is 1. The highest BCUT2D eigenvalue weighted by molar-refractivity contribution is 5.89. The minimum absolute atomic E-state index is 0.0516. The van der Waals surface area contributed by atoms with Gasteiger partial charge in [0.1, 0.15) is 0 Å². The molecule has 1 unspecified atom stereocenters. The fourth-order valence-electron chi connectivity index (χ4n) is 2.87. The zero-order chi connectivity index (χ0) is 16.8. The van der Waals surface area contributed by atoms with Gasteiger partial charge in [-0.2, -0.15) is 5.10 Å². The van der Waals surface area contributed by atoms with E-state index in [1.54, 1.807) is 6.20 Å². The van der Waals surface area contributed by atoms with Crippen molar-refractivity contribution in [2.75, 3.05) is 31.6 Å². The summed E-state index contributed by atoms with van der Waals surface area (Å²) in [6.07, 6.45) is 4.73. The molecule has 0 saturated carbocycles. The number of carbonyl (C=O) groups is 1. The van der Waals surface area contributed by atoms with Crippen molar-refractivity contribution in [3.05, 3.63) is 48.3 Å². The summed E-state index contributed by atoms with van der Waals surface area (Å²) in [5.41, 5.74) is 1.96. The highest BCUT2D eigenvalue weighted by Gasteiger charge is 2.21. The molecule has 2 aromatic rings. The number of nitrogens with zero attached hydrogens (tertiary/aromatic N) is 3. The van der Waals surface area contributed by atoms with Gasteiger partial charge in [0, 0.05) is 43.7 Å². The quantitative estimate of drug-likeness (QED) is 0.887. The maximum Gasteiger partial charge on any atom is 0.321 e. The second-order valence-electron chi connectivity index (χ2n) is 6.10. The Morgan fingerprint density at radius 2 is 2.25 bits per heavy atom. The molecule has 1 saturated heterocycles. The van der Waals surface area contributed by atoms with E-state index < -0.39 is 0 Å². The van der Waals surface area contributed by atoms with Crippen LogP contribution < -0.4 is 5.32 Å². The van der Waals surface area contributed by atoms with Crippen LogP contribution in [0.15, 0.2) is 42.7 Å². The first-order valence-electron chi connectivity index (χ1n) is 8.44. The minimum atomic E-state index is -0.0516. The predicted octanol–water partition coefficient (Wildman–Crippen LogP) is 2.82. The van der Waals surface area contributed by atoms with Gasteiger partial charge in [-0.05, 0) is 37.1 Å². The van der Waals surface area contributed by atoms with Gasteiger partial charge in [0.15, 0.2) is 0 Å². The molecule has 1 aromatic carbocycles. The number of aromatic nitrogens is 2. The van der Waals surface area contributed by atoms with Crippen LogP contribution in [0.2, 0.25) is 0 Å². The molecule has 24 heavy (non-hydrogen) atoms. The number of rotatable bonds is 6. The van der Waals surface area contributed by atoms with E-state index >= 15 is 0 Å². The third kappa shape index (κ3) is 4.35. The highest BCUT2D eigenvalue weighted by Crippen LogP contribution is 2.16. The number of anilines is 1. The molecule has 1 atom stereocenters. The molecule has 128 valence electrons. The molecule has 2 amide bonds. The fraction of sp³-hybridized carbons (Fsp3) is 0.444. The zero-order valence-electron chi connectivity index (χ0n) is 14.0. The van der Waals surface area contributed by atoms with Gasteiger partial charge in [0.05, 0.1) is 13.2 Å². The summed E-state index contributed by atoms with van der Waals surface area (Å²) >= 11 is 0. The number of ether oxygens (including phenoxy) is 1. The number of hydrogen-bond acceptors (Lipinski definition) is 3. The topological polar surface area (TPSA) is 59.4 Å². The SMILES string of the molecule is CCN(CC1CCOC1)C(=O)Nc1ccc(Cn2cccn2)cc1. The molecule has 1 aliphatic rings. The summed E-state index contributed by atoms with van der Waals surface area (Å²) in [7, 11) is 0. The molecule has 0 aliphatic carbocycles. The first-order chi connectivity index (χ1) is 11.7. The number of amides is 2. The van der Waals surface area contributed by atoms with Gasteiger partial charge in [0.2, 0.25) is 0 Å². The van der Waals surface area contributed by atoms with Crippen molar-refractivity contribution in [1.82, 2.24) is 14.7 Å². The predicted molar refractivity (Wildman–Crippen MR) is 93.0 cm³/mol. The number of nitrogens with one attached hydrogen (secondary N) is 1. The second-order valence-corrected chi connectivity index (χ2v) is 6.10. The van der Waals surface area contributed by atoms with Crippen LogP contribution in [0, 0.1) is 5.92 Å². The number of carbonyl (C=O) groups excluding carboxylic acids is 1. The third-order valence-corrected chi connectivity index (χ3v) is 4.28. The highest BCUT2D eigenvalue weighted by atomic mass is 16.5. The fourth-order valence-corrected chi connectivity index (χ4v) is 2.87. The smallest absolute Gasteiger partial charge is 0.321 e. The standard InChI is InChI=1S/C18H24N4O2/c1-2-21(12-16-8-11-24-14-16)18(23)20-17-6-4-15(5-7-17)13-22-10-3-9-19-22/h3-7,9-10,16H,2,8,11-14H2,1H3,(H,20,23). The average Bonchev–Trinajstić information content (AvgIpc) is 3.28. The van der Waals surface area contributed by atoms with Crippen LogP contribution in [0.1, 0.15) is 18.9 Å². The van der Waals surface area contributed by atoms with E-state index in [0.29, 0.717) is 12.5 Å². The van der Waals surface area contributed by atoms with Crippen molar-refractivity contribution >= 4 is 11.7 Å². The maximum atomic E-state index is 12.4. The van der Waals surface area contributed by atoms with Gasteiger partial charge in [-0.25, -0.2) is 4.79 Å². The largest absolute Gasteiger partial charge is 0.381 e. The van der Waals surface area contributed by atoms with Gasteiger partial charge >= 0.3 is 6.03 Å². The molecule has 6 heteroatoms. The molecule has 0 bridgehead atoms. The Morgan fingerprint density at radius 3 is 2.88 bits per heavy atom. The van der Waals surface area contributed by atoms with Gasteiger partial charge < -0.3 is 15.0 Å². The van der Waals surface area contributed by atoms with Crippen molar-refractivity contribution in [3.63, 3.8) is 0 Å². The third-order valence-electron chi connectivity index (χ3n) is 4.28. The molecule has 1 fully saturated rings. The molecule has 1 aromatic heterocycles. The van der Waals surface area contributed by atoms with Crippen LogP contribution in [-0.2, 0) is 11.3 Å². The second kappa shape index (κ2) is 7.97. The Kier molecular flexibility index (Phi) is 5.48. The summed E-state index contributed by atoms with van der Waals surface area (Å²) in [5.74, 6) is 0.451. The molecule has 1 N–H and O–H groups in total. The van der Waals surface area contributed by atoms with Crippen LogP contribution in [0.25, 0.3) is 0 Å². The van der Waals surface area contributed by atoms with Crippen LogP contribution in [0.4, 0.5) is 10.5 Å². The Bertz CT molecular complexity index is 634. The summed E-state index contributed by atoms with van der Waals surface area (Å²) < 4.78 is 7.26. The number of benzene rings is 1. The monoisotopic (exact) mass is 328 g/mol. The molecule has 2 heterocycles. The van der Waals surface area contributed by atoms with Crippen molar-refractivity contribution in [1.29, 1.82) is 0 Å². The van der Waals surface area contributed by atoms with Crippen molar-refractivity contribution in [2.45, 2.75) is 19.9 Å². The van der Waals surface area contributed by atoms with Gasteiger partial charge in [-0.3, -0.25) is 4.68 Å². The molecule has 1 aliphatic heterocycles. The van der Waals surface area contributed by atoms with Crippen molar-refractivity contribution in [3.8, 4) is 0 Å². The van der Waals surface area contributed by atoms with E-state index in [-0.39, 0.29) is 6.03 Å². The van der Waals surface area contributed by atoms with Crippen LogP contribution in [-0.4, -0.2) is 47.0 Å². The lowest BCUT2D eigenvalue weighted by Gasteiger charge is -2.24. The van der Waals surface area contributed by atoms with Gasteiger partial charge in [0.25, 0.3) is 0 Å². The summed E-state index contributed by atoms with van der Waals surface area (Å²) in [4.78, 5) is 14.3. The summed E-state index contributed by atoms with van der Waals surface area (Å²) in [6, 6.07) is 9.75. The average molecular weight is 328 g/mol.